The molecule has 0 atom stereocenters. The number of hydrogen-bond donors (Lipinski definition) is 1. The lowest BCUT2D eigenvalue weighted by Crippen LogP contribution is -3.00. The maximum Gasteiger partial charge on any atom is 0.0787 e. The van der Waals surface area contributed by atoms with Crippen molar-refractivity contribution in [3.63, 3.8) is 0 Å². The molecule has 2 nitrogen and oxygen atoms in total. The van der Waals surface area contributed by atoms with E-state index in [1.807, 2.05) is 0 Å². The molecule has 22 heavy (non-hydrogen) atoms. The minimum absolute atomic E-state index is 0. The fourth-order valence-electron chi connectivity index (χ4n) is 3.32. The van der Waals surface area contributed by atoms with Gasteiger partial charge in [0.25, 0.3) is 0 Å². The summed E-state index contributed by atoms with van der Waals surface area (Å²) in [6.45, 7) is 12.7. The molecule has 0 heterocycles. The van der Waals surface area contributed by atoms with Gasteiger partial charge in [0.2, 0.25) is 0 Å². The van der Waals surface area contributed by atoms with E-state index in [9.17, 15) is 0 Å². The smallest absolute Gasteiger partial charge is 0.0787 e. The highest BCUT2D eigenvalue weighted by molar-refractivity contribution is 4.51. The Hall–Kier alpha value is 0.650. The van der Waals surface area contributed by atoms with Gasteiger partial charge in [-0.3, -0.25) is 0 Å². The van der Waals surface area contributed by atoms with Crippen LogP contribution in [0.25, 0.3) is 0 Å². The lowest BCUT2D eigenvalue weighted by molar-refractivity contribution is -0.929. The predicted molar refractivity (Wildman–Crippen MR) is 94.6 cm³/mol. The zero-order valence-corrected chi connectivity index (χ0v) is 17.7. The van der Waals surface area contributed by atoms with Crippen molar-refractivity contribution in [1.29, 1.82) is 0 Å². The summed E-state index contributed by atoms with van der Waals surface area (Å²) in [6, 6.07) is 0. The molecule has 0 radical (unpaired) electrons. The first-order valence-corrected chi connectivity index (χ1v) is 9.70. The van der Waals surface area contributed by atoms with Crippen LogP contribution in [0.3, 0.4) is 0 Å². The summed E-state index contributed by atoms with van der Waals surface area (Å²) in [5.41, 5.74) is 0. The van der Waals surface area contributed by atoms with Crippen LogP contribution in [0.15, 0.2) is 0 Å². The molecule has 0 saturated heterocycles. The molecule has 0 aromatic heterocycles. The van der Waals surface area contributed by atoms with E-state index in [1.54, 1.807) is 0 Å². The van der Waals surface area contributed by atoms with Crippen molar-refractivity contribution in [2.24, 2.45) is 0 Å². The quantitative estimate of drug-likeness (QED) is 0.227. The number of unbranched alkanes of at least 4 members (excludes halogenated alkanes) is 7. The average molecular weight is 427 g/mol. The third kappa shape index (κ3) is 13.1. The van der Waals surface area contributed by atoms with E-state index in [1.165, 1.54) is 94.9 Å². The third-order valence-electron chi connectivity index (χ3n) is 4.75. The van der Waals surface area contributed by atoms with Gasteiger partial charge >= 0.3 is 0 Å². The molecular weight excluding hydrogens is 385 g/mol. The van der Waals surface area contributed by atoms with Crippen molar-refractivity contribution < 1.29 is 33.6 Å². The first kappa shape index (κ1) is 24.9. The largest absolute Gasteiger partial charge is 1.00 e. The second-order valence-electron chi connectivity index (χ2n) is 6.79. The molecule has 0 aliphatic carbocycles. The molecule has 0 aromatic rings. The van der Waals surface area contributed by atoms with Gasteiger partial charge in [-0.2, -0.15) is 0 Å². The fourth-order valence-corrected chi connectivity index (χ4v) is 3.32. The lowest BCUT2D eigenvalue weighted by atomic mass is 10.1. The first-order valence-electron chi connectivity index (χ1n) is 9.70. The maximum atomic E-state index is 9.10. The van der Waals surface area contributed by atoms with Crippen LogP contribution >= 0.6 is 0 Å². The van der Waals surface area contributed by atoms with E-state index in [4.69, 9.17) is 5.11 Å². The van der Waals surface area contributed by atoms with E-state index < -0.39 is 0 Å². The Morgan fingerprint density at radius 2 is 0.864 bits per heavy atom. The molecule has 0 rings (SSSR count). The lowest BCUT2D eigenvalue weighted by Gasteiger charge is -2.39. The normalized spacial score (nSPS) is 11.5. The van der Waals surface area contributed by atoms with Gasteiger partial charge in [0.05, 0.1) is 26.2 Å². The molecule has 136 valence electrons. The van der Waals surface area contributed by atoms with Crippen LogP contribution in [0.2, 0.25) is 0 Å². The van der Waals surface area contributed by atoms with Crippen LogP contribution < -0.4 is 24.0 Å². The molecule has 0 aliphatic rings. The van der Waals surface area contributed by atoms with Crippen molar-refractivity contribution in [2.75, 3.05) is 32.8 Å². The van der Waals surface area contributed by atoms with Crippen molar-refractivity contribution in [3.05, 3.63) is 0 Å². The Kier molecular flexibility index (Phi) is 20.4. The molecule has 0 fully saturated rings. The average Bonchev–Trinajstić information content (AvgIpc) is 2.48. The number of hydrogen-bond acceptors (Lipinski definition) is 1. The van der Waals surface area contributed by atoms with E-state index in [0.717, 1.165) is 6.42 Å². The first-order chi connectivity index (χ1) is 10.2. The van der Waals surface area contributed by atoms with E-state index >= 15 is 0 Å². The standard InChI is InChI=1S/C19H42NO.HI/c1-4-7-10-15-20(16-11-8-5-2,17-12-9-6-3)18-13-14-19-21;/h21H,4-19H2,1-3H3;1H/q+1;/p-1. The van der Waals surface area contributed by atoms with Gasteiger partial charge in [0, 0.05) is 6.61 Å². The highest BCUT2D eigenvalue weighted by Crippen LogP contribution is 2.18. The Labute approximate surface area is 157 Å². The molecule has 0 aromatic carbocycles. The summed E-state index contributed by atoms with van der Waals surface area (Å²) in [4.78, 5) is 0. The number of nitrogens with zero attached hydrogens (tertiary/aromatic N) is 1. The number of rotatable bonds is 16. The Morgan fingerprint density at radius 1 is 0.545 bits per heavy atom. The van der Waals surface area contributed by atoms with Crippen LogP contribution in [-0.2, 0) is 0 Å². The zero-order valence-electron chi connectivity index (χ0n) is 15.6. The molecule has 0 saturated carbocycles. The van der Waals surface area contributed by atoms with Crippen LogP contribution in [0.1, 0.15) is 91.4 Å². The third-order valence-corrected chi connectivity index (χ3v) is 4.75. The summed E-state index contributed by atoms with van der Waals surface area (Å²) >= 11 is 0. The molecule has 3 heteroatoms. The summed E-state index contributed by atoms with van der Waals surface area (Å²) in [6.07, 6.45) is 14.4. The predicted octanol–water partition coefficient (Wildman–Crippen LogP) is 2.15. The zero-order chi connectivity index (χ0) is 15.8. The van der Waals surface area contributed by atoms with E-state index in [0.29, 0.717) is 6.61 Å². The van der Waals surface area contributed by atoms with Crippen molar-refractivity contribution in [3.8, 4) is 0 Å². The van der Waals surface area contributed by atoms with Crippen molar-refractivity contribution in [2.45, 2.75) is 91.4 Å². The molecule has 1 N–H and O–H groups in total. The maximum absolute atomic E-state index is 9.10. The SMILES string of the molecule is CCCCC[N+](CCCCC)(CCCCC)CCCCO.[I-]. The molecule has 0 unspecified atom stereocenters. The van der Waals surface area contributed by atoms with Crippen LogP contribution in [0.4, 0.5) is 0 Å². The minimum atomic E-state index is 0. The second kappa shape index (κ2) is 18.0. The Bertz CT molecular complexity index is 166. The van der Waals surface area contributed by atoms with E-state index in [-0.39, 0.29) is 24.0 Å². The second-order valence-corrected chi connectivity index (χ2v) is 6.79. The van der Waals surface area contributed by atoms with Crippen molar-refractivity contribution >= 4 is 0 Å². The summed E-state index contributed by atoms with van der Waals surface area (Å²) in [5, 5.41) is 9.10. The van der Waals surface area contributed by atoms with Crippen LogP contribution in [0.5, 0.6) is 0 Å². The minimum Gasteiger partial charge on any atom is -1.00 e. The van der Waals surface area contributed by atoms with Gasteiger partial charge in [-0.25, -0.2) is 0 Å². The molecule has 0 aliphatic heterocycles. The Morgan fingerprint density at radius 3 is 1.14 bits per heavy atom. The van der Waals surface area contributed by atoms with Gasteiger partial charge < -0.3 is 33.6 Å². The topological polar surface area (TPSA) is 20.2 Å². The summed E-state index contributed by atoms with van der Waals surface area (Å²) in [5.74, 6) is 0. The number of aliphatic hydroxyl groups is 1. The molecule has 0 bridgehead atoms. The highest BCUT2D eigenvalue weighted by Gasteiger charge is 2.25. The summed E-state index contributed by atoms with van der Waals surface area (Å²) in [7, 11) is 0. The fraction of sp³-hybridized carbons (Fsp3) is 1.00. The number of quaternary nitrogens is 1. The van der Waals surface area contributed by atoms with Crippen LogP contribution in [-0.4, -0.2) is 42.4 Å². The monoisotopic (exact) mass is 427 g/mol. The number of aliphatic hydroxyl groups excluding tert-OH is 1. The van der Waals surface area contributed by atoms with Gasteiger partial charge in [-0.15, -0.1) is 0 Å². The number of halogens is 1. The summed E-state index contributed by atoms with van der Waals surface area (Å²) < 4.78 is 1.33. The van der Waals surface area contributed by atoms with Gasteiger partial charge in [-0.05, 0) is 51.4 Å². The van der Waals surface area contributed by atoms with Gasteiger partial charge in [-0.1, -0.05) is 40.0 Å². The Balaban J connectivity index is 0. The molecular formula is C19H42INO. The molecule has 0 amide bonds. The highest BCUT2D eigenvalue weighted by atomic mass is 127. The van der Waals surface area contributed by atoms with E-state index in [2.05, 4.69) is 20.8 Å². The van der Waals surface area contributed by atoms with Gasteiger partial charge in [0.15, 0.2) is 0 Å². The van der Waals surface area contributed by atoms with Gasteiger partial charge in [0.1, 0.15) is 0 Å². The molecule has 0 spiro atoms. The van der Waals surface area contributed by atoms with Crippen molar-refractivity contribution in [1.82, 2.24) is 0 Å². The van der Waals surface area contributed by atoms with Crippen LogP contribution in [0, 0.1) is 0 Å².